The van der Waals surface area contributed by atoms with Crippen LogP contribution in [0.15, 0.2) is 47.4 Å². The van der Waals surface area contributed by atoms with E-state index in [1.807, 2.05) is 0 Å². The number of benzene rings is 2. The lowest BCUT2D eigenvalue weighted by molar-refractivity contribution is -0.384. The van der Waals surface area contributed by atoms with E-state index < -0.39 is 16.1 Å². The van der Waals surface area contributed by atoms with Crippen molar-refractivity contribution in [2.45, 2.75) is 45.1 Å². The van der Waals surface area contributed by atoms with Gasteiger partial charge in [0.15, 0.2) is 11.5 Å². The fraction of sp³-hybridized carbons (Fsp3) is 0.414. The normalized spacial score (nSPS) is 28.3. The second kappa shape index (κ2) is 9.82. The zero-order valence-electron chi connectivity index (χ0n) is 21.5. The molecule has 7 rings (SSSR count). The standard InChI is InChI=1S/C29H28N2O7S/c1-37-24-11-18(4-7-23(24)38-27(33)29-13-19-8-20(14-29)10-21(9-19)15-29)12-25-26(32)30(28(34)39-25)16-17-2-5-22(6-3-17)31(35)36/h2-7,11-12,19-21H,8-10,13-16H2,1H3/b25-12-. The van der Waals surface area contributed by atoms with Crippen molar-refractivity contribution in [1.82, 2.24) is 4.90 Å². The van der Waals surface area contributed by atoms with Gasteiger partial charge in [-0.1, -0.05) is 18.2 Å². The van der Waals surface area contributed by atoms with E-state index in [4.69, 9.17) is 9.47 Å². The molecular weight excluding hydrogens is 520 g/mol. The van der Waals surface area contributed by atoms with Gasteiger partial charge in [-0.2, -0.15) is 0 Å². The van der Waals surface area contributed by atoms with E-state index in [2.05, 4.69) is 0 Å². The van der Waals surface area contributed by atoms with E-state index in [1.54, 1.807) is 24.3 Å². The average molecular weight is 549 g/mol. The molecule has 1 saturated heterocycles. The van der Waals surface area contributed by atoms with Crippen molar-refractivity contribution in [3.05, 3.63) is 68.6 Å². The maximum absolute atomic E-state index is 13.4. The Morgan fingerprint density at radius 1 is 1.05 bits per heavy atom. The highest BCUT2D eigenvalue weighted by Crippen LogP contribution is 2.60. The maximum atomic E-state index is 13.4. The number of rotatable bonds is 7. The zero-order valence-corrected chi connectivity index (χ0v) is 22.3. The third-order valence-corrected chi connectivity index (χ3v) is 9.43. The first-order valence-corrected chi connectivity index (χ1v) is 13.9. The number of hydrogen-bond acceptors (Lipinski definition) is 8. The Kier molecular flexibility index (Phi) is 6.45. The number of methoxy groups -OCH3 is 1. The number of amides is 2. The fourth-order valence-corrected chi connectivity index (χ4v) is 7.96. The number of thioether (sulfide) groups is 1. The third-order valence-electron chi connectivity index (χ3n) is 8.52. The van der Waals surface area contributed by atoms with Crippen molar-refractivity contribution in [1.29, 1.82) is 0 Å². The van der Waals surface area contributed by atoms with Crippen molar-refractivity contribution in [2.24, 2.45) is 23.2 Å². The fourth-order valence-electron chi connectivity index (χ4n) is 7.12. The summed E-state index contributed by atoms with van der Waals surface area (Å²) in [6.07, 6.45) is 8.06. The average Bonchev–Trinajstić information content (AvgIpc) is 3.16. The Morgan fingerprint density at radius 2 is 1.69 bits per heavy atom. The van der Waals surface area contributed by atoms with Crippen LogP contribution < -0.4 is 9.47 Å². The molecule has 2 aromatic carbocycles. The SMILES string of the molecule is COc1cc(/C=C2\SC(=O)N(Cc3ccc([N+](=O)[O-])cc3)C2=O)ccc1OC(=O)C12CC3CC(CC(C3)C1)C2. The molecular formula is C29H28N2O7S. The number of imide groups is 1. The van der Waals surface area contributed by atoms with E-state index in [-0.39, 0.29) is 28.5 Å². The Balaban J connectivity index is 1.16. The summed E-state index contributed by atoms with van der Waals surface area (Å²) in [5, 5.41) is 10.4. The number of carbonyl (C=O) groups excluding carboxylic acids is 3. The molecule has 0 aromatic heterocycles. The molecule has 0 radical (unpaired) electrons. The van der Waals surface area contributed by atoms with Gasteiger partial charge in [0.05, 0.1) is 28.9 Å². The van der Waals surface area contributed by atoms with Gasteiger partial charge in [0.25, 0.3) is 16.8 Å². The van der Waals surface area contributed by atoms with Crippen LogP contribution in [0.5, 0.6) is 11.5 Å². The molecule has 9 nitrogen and oxygen atoms in total. The quantitative estimate of drug-likeness (QED) is 0.137. The topological polar surface area (TPSA) is 116 Å². The molecule has 4 bridgehead atoms. The first-order valence-electron chi connectivity index (χ1n) is 13.1. The molecule has 4 aliphatic carbocycles. The molecule has 0 unspecified atom stereocenters. The number of ether oxygens (including phenoxy) is 2. The monoisotopic (exact) mass is 548 g/mol. The minimum Gasteiger partial charge on any atom is -0.493 e. The summed E-state index contributed by atoms with van der Waals surface area (Å²) < 4.78 is 11.5. The number of hydrogen-bond donors (Lipinski definition) is 0. The van der Waals surface area contributed by atoms with Gasteiger partial charge in [-0.15, -0.1) is 0 Å². The van der Waals surface area contributed by atoms with E-state index in [1.165, 1.54) is 50.6 Å². The van der Waals surface area contributed by atoms with Gasteiger partial charge in [0.1, 0.15) is 0 Å². The van der Waals surface area contributed by atoms with Crippen LogP contribution in [0.1, 0.15) is 49.7 Å². The molecule has 5 fully saturated rings. The van der Waals surface area contributed by atoms with Crippen LogP contribution in [0.4, 0.5) is 10.5 Å². The summed E-state index contributed by atoms with van der Waals surface area (Å²) in [5.41, 5.74) is 0.785. The molecule has 2 aromatic rings. The van der Waals surface area contributed by atoms with Crippen molar-refractivity contribution in [3.63, 3.8) is 0 Å². The largest absolute Gasteiger partial charge is 0.493 e. The van der Waals surface area contributed by atoms with Gasteiger partial charge in [-0.05, 0) is 97.4 Å². The van der Waals surface area contributed by atoms with Crippen LogP contribution in [-0.4, -0.2) is 34.0 Å². The molecule has 1 aliphatic heterocycles. The highest BCUT2D eigenvalue weighted by Gasteiger charge is 2.55. The lowest BCUT2D eigenvalue weighted by Crippen LogP contribution is -2.51. The van der Waals surface area contributed by atoms with E-state index >= 15 is 0 Å². The lowest BCUT2D eigenvalue weighted by atomic mass is 9.49. The highest BCUT2D eigenvalue weighted by atomic mass is 32.2. The molecule has 0 atom stereocenters. The molecule has 0 N–H and O–H groups in total. The van der Waals surface area contributed by atoms with Crippen LogP contribution in [-0.2, 0) is 16.1 Å². The zero-order chi connectivity index (χ0) is 27.3. The van der Waals surface area contributed by atoms with Crippen LogP contribution in [0.3, 0.4) is 0 Å². The van der Waals surface area contributed by atoms with Crippen molar-refractivity contribution in [3.8, 4) is 11.5 Å². The number of carbonyl (C=O) groups is 3. The number of nitro benzene ring substituents is 1. The van der Waals surface area contributed by atoms with Crippen molar-refractivity contribution in [2.75, 3.05) is 7.11 Å². The molecule has 2 amide bonds. The number of nitro groups is 1. The Labute approximate surface area is 229 Å². The first kappa shape index (κ1) is 25.6. The Hall–Kier alpha value is -3.66. The second-order valence-electron chi connectivity index (χ2n) is 11.2. The third kappa shape index (κ3) is 4.82. The van der Waals surface area contributed by atoms with E-state index in [0.717, 1.165) is 35.9 Å². The van der Waals surface area contributed by atoms with E-state index in [9.17, 15) is 24.5 Å². The summed E-state index contributed by atoms with van der Waals surface area (Å²) in [6.45, 7) is 0.0164. The van der Waals surface area contributed by atoms with Crippen LogP contribution in [0, 0.1) is 33.3 Å². The smallest absolute Gasteiger partial charge is 0.317 e. The summed E-state index contributed by atoms with van der Waals surface area (Å²) in [4.78, 5) is 50.7. The van der Waals surface area contributed by atoms with Crippen LogP contribution >= 0.6 is 11.8 Å². The van der Waals surface area contributed by atoms with Crippen LogP contribution in [0.25, 0.3) is 6.08 Å². The first-order chi connectivity index (χ1) is 18.7. The molecule has 0 spiro atoms. The van der Waals surface area contributed by atoms with Crippen molar-refractivity contribution >= 4 is 40.6 Å². The van der Waals surface area contributed by atoms with Gasteiger partial charge in [-0.25, -0.2) is 0 Å². The minimum atomic E-state index is -0.504. The number of nitrogens with zero attached hydrogens (tertiary/aromatic N) is 2. The lowest BCUT2D eigenvalue weighted by Gasteiger charge is -2.55. The number of esters is 1. The molecule has 202 valence electrons. The minimum absolute atomic E-state index is 0.0164. The van der Waals surface area contributed by atoms with Gasteiger partial charge >= 0.3 is 5.97 Å². The van der Waals surface area contributed by atoms with Gasteiger partial charge in [0, 0.05) is 12.1 Å². The van der Waals surface area contributed by atoms with Crippen LogP contribution in [0.2, 0.25) is 0 Å². The molecule has 5 aliphatic rings. The summed E-state index contributed by atoms with van der Waals surface area (Å²) >= 11 is 0.828. The van der Waals surface area contributed by atoms with Gasteiger partial charge in [-0.3, -0.25) is 29.4 Å². The van der Waals surface area contributed by atoms with E-state index in [0.29, 0.717) is 40.4 Å². The second-order valence-corrected chi connectivity index (χ2v) is 12.2. The Bertz CT molecular complexity index is 1370. The predicted octanol–water partition coefficient (Wildman–Crippen LogP) is 5.96. The molecule has 39 heavy (non-hydrogen) atoms. The number of non-ortho nitro benzene ring substituents is 1. The molecule has 10 heteroatoms. The van der Waals surface area contributed by atoms with Gasteiger partial charge < -0.3 is 9.47 Å². The summed E-state index contributed by atoms with van der Waals surface area (Å²) in [7, 11) is 1.50. The summed E-state index contributed by atoms with van der Waals surface area (Å²) in [6, 6.07) is 10.8. The summed E-state index contributed by atoms with van der Waals surface area (Å²) in [5.74, 6) is 2.00. The van der Waals surface area contributed by atoms with Crippen molar-refractivity contribution < 1.29 is 28.8 Å². The predicted molar refractivity (Wildman–Crippen MR) is 144 cm³/mol. The maximum Gasteiger partial charge on any atom is 0.317 e. The molecule has 4 saturated carbocycles. The molecule has 1 heterocycles. The van der Waals surface area contributed by atoms with Gasteiger partial charge in [0.2, 0.25) is 0 Å². The Morgan fingerprint density at radius 3 is 2.28 bits per heavy atom. The highest BCUT2D eigenvalue weighted by molar-refractivity contribution is 8.18.